The van der Waals surface area contributed by atoms with Gasteiger partial charge in [-0.3, -0.25) is 4.79 Å². The van der Waals surface area contributed by atoms with E-state index in [0.29, 0.717) is 21.6 Å². The van der Waals surface area contributed by atoms with Crippen LogP contribution in [0.5, 0.6) is 0 Å². The smallest absolute Gasteiger partial charge is 0.251 e. The number of halogens is 2. The van der Waals surface area contributed by atoms with Crippen molar-refractivity contribution in [3.05, 3.63) is 33.3 Å². The van der Waals surface area contributed by atoms with Crippen molar-refractivity contribution in [1.82, 2.24) is 5.32 Å². The number of benzene rings is 1. The first kappa shape index (κ1) is 16.8. The van der Waals surface area contributed by atoms with Crippen molar-refractivity contribution in [2.45, 2.75) is 45.1 Å². The molecule has 3 nitrogen and oxygen atoms in total. The quantitative estimate of drug-likeness (QED) is 0.834. The van der Waals surface area contributed by atoms with Gasteiger partial charge in [0.15, 0.2) is 0 Å². The maximum absolute atomic E-state index is 12.1. The summed E-state index contributed by atoms with van der Waals surface area (Å²) in [6.07, 6.45) is 3.41. The number of carbonyl (C=O) groups is 1. The van der Waals surface area contributed by atoms with E-state index >= 15 is 0 Å². The van der Waals surface area contributed by atoms with Gasteiger partial charge in [-0.1, -0.05) is 25.4 Å². The molecule has 1 aromatic rings. The molecule has 0 unspecified atom stereocenters. The molecule has 1 amide bonds. The van der Waals surface area contributed by atoms with E-state index < -0.39 is 5.60 Å². The van der Waals surface area contributed by atoms with Crippen LogP contribution < -0.4 is 5.32 Å². The van der Waals surface area contributed by atoms with Gasteiger partial charge < -0.3 is 10.4 Å². The van der Waals surface area contributed by atoms with Gasteiger partial charge in [0.2, 0.25) is 0 Å². The second-order valence-corrected chi connectivity index (χ2v) is 7.96. The standard InChI is InChI=1S/C16H21BrClNO2/c1-15(2)5-7-16(21,8-6-15)10-19-14(20)11-3-4-13(18)12(17)9-11/h3-4,9,21H,5-8,10H2,1-2H3,(H,19,20). The number of carbonyl (C=O) groups excluding carboxylic acids is 1. The van der Waals surface area contributed by atoms with E-state index in [2.05, 4.69) is 35.1 Å². The molecule has 0 aromatic heterocycles. The first-order valence-corrected chi connectivity index (χ1v) is 8.34. The Morgan fingerprint density at radius 2 is 1.95 bits per heavy atom. The molecule has 5 heteroatoms. The van der Waals surface area contributed by atoms with Crippen molar-refractivity contribution in [3.8, 4) is 0 Å². The van der Waals surface area contributed by atoms with Gasteiger partial charge in [0.1, 0.15) is 0 Å². The van der Waals surface area contributed by atoms with E-state index in [9.17, 15) is 9.90 Å². The summed E-state index contributed by atoms with van der Waals surface area (Å²) in [5.41, 5.74) is 0.0394. The second-order valence-electron chi connectivity index (χ2n) is 6.70. The van der Waals surface area contributed by atoms with Crippen molar-refractivity contribution >= 4 is 33.4 Å². The van der Waals surface area contributed by atoms with Crippen LogP contribution in [0.3, 0.4) is 0 Å². The Morgan fingerprint density at radius 1 is 1.33 bits per heavy atom. The molecule has 1 aromatic carbocycles. The van der Waals surface area contributed by atoms with Crippen LogP contribution in [0.2, 0.25) is 5.02 Å². The Morgan fingerprint density at radius 3 is 2.52 bits per heavy atom. The highest BCUT2D eigenvalue weighted by molar-refractivity contribution is 9.10. The number of rotatable bonds is 3. The first-order chi connectivity index (χ1) is 9.71. The number of hydrogen-bond acceptors (Lipinski definition) is 2. The van der Waals surface area contributed by atoms with Crippen molar-refractivity contribution in [3.63, 3.8) is 0 Å². The Kier molecular flexibility index (Phi) is 5.01. The Hall–Kier alpha value is -0.580. The number of hydrogen-bond donors (Lipinski definition) is 2. The van der Waals surface area contributed by atoms with Gasteiger partial charge in [-0.05, 0) is 65.2 Å². The summed E-state index contributed by atoms with van der Waals surface area (Å²) in [6, 6.07) is 5.04. The monoisotopic (exact) mass is 373 g/mol. The van der Waals surface area contributed by atoms with E-state index in [-0.39, 0.29) is 11.3 Å². The molecule has 0 saturated heterocycles. The normalized spacial score (nSPS) is 20.0. The van der Waals surface area contributed by atoms with E-state index in [1.54, 1.807) is 18.2 Å². The molecular formula is C16H21BrClNO2. The average molecular weight is 375 g/mol. The fourth-order valence-corrected chi connectivity index (χ4v) is 3.05. The van der Waals surface area contributed by atoms with Crippen molar-refractivity contribution < 1.29 is 9.90 Å². The molecule has 1 saturated carbocycles. The molecule has 1 aliphatic carbocycles. The fourth-order valence-electron chi connectivity index (χ4n) is 2.55. The second kappa shape index (κ2) is 6.27. The molecule has 0 atom stereocenters. The van der Waals surface area contributed by atoms with Gasteiger partial charge in [-0.25, -0.2) is 0 Å². The highest BCUT2D eigenvalue weighted by atomic mass is 79.9. The molecule has 1 fully saturated rings. The molecular weight excluding hydrogens is 354 g/mol. The lowest BCUT2D eigenvalue weighted by Gasteiger charge is -2.40. The van der Waals surface area contributed by atoms with Crippen molar-refractivity contribution in [2.75, 3.05) is 6.54 Å². The van der Waals surface area contributed by atoms with Crippen molar-refractivity contribution in [1.29, 1.82) is 0 Å². The molecule has 0 radical (unpaired) electrons. The summed E-state index contributed by atoms with van der Waals surface area (Å²) >= 11 is 9.22. The highest BCUT2D eigenvalue weighted by Crippen LogP contribution is 2.39. The summed E-state index contributed by atoms with van der Waals surface area (Å²) in [6.45, 7) is 4.73. The van der Waals surface area contributed by atoms with Crippen LogP contribution >= 0.6 is 27.5 Å². The van der Waals surface area contributed by atoms with Crippen LogP contribution in [0.15, 0.2) is 22.7 Å². The van der Waals surface area contributed by atoms with Crippen LogP contribution in [0.25, 0.3) is 0 Å². The SMILES string of the molecule is CC1(C)CCC(O)(CNC(=O)c2ccc(Cl)c(Br)c2)CC1. The van der Waals surface area contributed by atoms with Crippen molar-refractivity contribution in [2.24, 2.45) is 5.41 Å². The number of amides is 1. The summed E-state index contributed by atoms with van der Waals surface area (Å²) in [7, 11) is 0. The molecule has 1 aliphatic rings. The summed E-state index contributed by atoms with van der Waals surface area (Å²) < 4.78 is 0.690. The molecule has 21 heavy (non-hydrogen) atoms. The van der Waals surface area contributed by atoms with E-state index in [1.807, 2.05) is 0 Å². The molecule has 0 spiro atoms. The minimum atomic E-state index is -0.783. The zero-order chi connectivity index (χ0) is 15.7. The fraction of sp³-hybridized carbons (Fsp3) is 0.562. The number of nitrogens with one attached hydrogen (secondary N) is 1. The maximum atomic E-state index is 12.1. The lowest BCUT2D eigenvalue weighted by atomic mass is 9.71. The molecule has 116 valence electrons. The Bertz CT molecular complexity index is 535. The van der Waals surface area contributed by atoms with Crippen LogP contribution in [-0.4, -0.2) is 23.2 Å². The molecule has 2 rings (SSSR count). The highest BCUT2D eigenvalue weighted by Gasteiger charge is 2.36. The summed E-state index contributed by atoms with van der Waals surface area (Å²) in [5, 5.41) is 14.0. The van der Waals surface area contributed by atoms with Gasteiger partial charge in [0.25, 0.3) is 5.91 Å². The molecule has 0 heterocycles. The van der Waals surface area contributed by atoms with Gasteiger partial charge in [-0.15, -0.1) is 0 Å². The first-order valence-electron chi connectivity index (χ1n) is 7.17. The van der Waals surface area contributed by atoms with Gasteiger partial charge in [0.05, 0.1) is 10.6 Å². The zero-order valence-electron chi connectivity index (χ0n) is 12.4. The van der Waals surface area contributed by atoms with Crippen LogP contribution in [-0.2, 0) is 0 Å². The Balaban J connectivity index is 1.93. The van der Waals surface area contributed by atoms with E-state index in [1.165, 1.54) is 0 Å². The maximum Gasteiger partial charge on any atom is 0.251 e. The third-order valence-corrected chi connectivity index (χ3v) is 5.51. The topological polar surface area (TPSA) is 49.3 Å². The Labute approximate surface area is 139 Å². The summed E-state index contributed by atoms with van der Waals surface area (Å²) in [5.74, 6) is -0.189. The van der Waals surface area contributed by atoms with Gasteiger partial charge in [-0.2, -0.15) is 0 Å². The third-order valence-electron chi connectivity index (χ3n) is 4.29. The summed E-state index contributed by atoms with van der Waals surface area (Å²) in [4.78, 5) is 12.1. The van der Waals surface area contributed by atoms with E-state index in [4.69, 9.17) is 11.6 Å². The predicted molar refractivity (Wildman–Crippen MR) is 88.7 cm³/mol. The van der Waals surface area contributed by atoms with Crippen LogP contribution in [0.1, 0.15) is 49.9 Å². The molecule has 0 aliphatic heterocycles. The van der Waals surface area contributed by atoms with Crippen LogP contribution in [0.4, 0.5) is 0 Å². The van der Waals surface area contributed by atoms with Crippen LogP contribution in [0, 0.1) is 5.41 Å². The average Bonchev–Trinajstić information content (AvgIpc) is 2.43. The third kappa shape index (κ3) is 4.44. The largest absolute Gasteiger partial charge is 0.388 e. The minimum Gasteiger partial charge on any atom is -0.388 e. The van der Waals surface area contributed by atoms with Gasteiger partial charge >= 0.3 is 0 Å². The lowest BCUT2D eigenvalue weighted by molar-refractivity contribution is -0.0233. The van der Waals surface area contributed by atoms with Gasteiger partial charge in [0, 0.05) is 16.6 Å². The lowest BCUT2D eigenvalue weighted by Crippen LogP contribution is -2.46. The molecule has 0 bridgehead atoms. The number of aliphatic hydroxyl groups is 1. The predicted octanol–water partition coefficient (Wildman–Crippen LogP) is 4.16. The molecule has 2 N–H and O–H groups in total. The van der Waals surface area contributed by atoms with E-state index in [0.717, 1.165) is 25.7 Å². The zero-order valence-corrected chi connectivity index (χ0v) is 14.7. The minimum absolute atomic E-state index is 0.189.